The van der Waals surface area contributed by atoms with Crippen LogP contribution in [-0.2, 0) is 13.5 Å². The van der Waals surface area contributed by atoms with Crippen molar-refractivity contribution in [1.82, 2.24) is 9.78 Å². The van der Waals surface area contributed by atoms with Crippen molar-refractivity contribution in [3.05, 3.63) is 46.7 Å². The van der Waals surface area contributed by atoms with Gasteiger partial charge >= 0.3 is 0 Å². The summed E-state index contributed by atoms with van der Waals surface area (Å²) < 4.78 is 7.47. The molecule has 0 spiro atoms. The minimum Gasteiger partial charge on any atom is -0.493 e. The van der Waals surface area contributed by atoms with Gasteiger partial charge in [-0.25, -0.2) is 0 Å². The molecule has 2 aromatic rings. The van der Waals surface area contributed by atoms with Gasteiger partial charge in [-0.2, -0.15) is 5.10 Å². The van der Waals surface area contributed by atoms with E-state index in [4.69, 9.17) is 16.3 Å². The summed E-state index contributed by atoms with van der Waals surface area (Å²) >= 11 is 5.92. The molecule has 2 rings (SSSR count). The fourth-order valence-corrected chi connectivity index (χ4v) is 2.04. The van der Waals surface area contributed by atoms with Gasteiger partial charge in [0.25, 0.3) is 0 Å². The third kappa shape index (κ3) is 3.72. The molecule has 0 saturated carbocycles. The Kier molecular flexibility index (Phi) is 4.45. The molecule has 0 bridgehead atoms. The van der Waals surface area contributed by atoms with Crippen molar-refractivity contribution >= 4 is 11.6 Å². The number of hydrogen-bond donors (Lipinski definition) is 1. The lowest BCUT2D eigenvalue weighted by atomic mass is 10.1. The Labute approximate surface area is 117 Å². The molecule has 1 aromatic carbocycles. The molecular weight excluding hydrogens is 264 g/mol. The standard InChI is InChI=1S/C14H17ClN2O2/c1-10(18)13-7-12(15)3-4-14(13)19-6-5-11-8-16-17(2)9-11/h3-4,7-10,18H,5-6H2,1-2H3/t10-/m1/s1. The molecule has 1 atom stereocenters. The van der Waals surface area contributed by atoms with Gasteiger partial charge in [-0.05, 0) is 30.7 Å². The van der Waals surface area contributed by atoms with Crippen molar-refractivity contribution in [1.29, 1.82) is 0 Å². The van der Waals surface area contributed by atoms with Gasteiger partial charge in [0, 0.05) is 30.3 Å². The summed E-state index contributed by atoms with van der Waals surface area (Å²) in [5.41, 5.74) is 1.83. The zero-order valence-electron chi connectivity index (χ0n) is 11.0. The zero-order valence-corrected chi connectivity index (χ0v) is 11.8. The van der Waals surface area contributed by atoms with Crippen molar-refractivity contribution in [2.75, 3.05) is 6.61 Å². The van der Waals surface area contributed by atoms with Crippen LogP contribution in [0, 0.1) is 0 Å². The molecule has 4 nitrogen and oxygen atoms in total. The summed E-state index contributed by atoms with van der Waals surface area (Å²) in [7, 11) is 1.88. The van der Waals surface area contributed by atoms with Crippen LogP contribution < -0.4 is 4.74 Å². The lowest BCUT2D eigenvalue weighted by molar-refractivity contribution is 0.191. The van der Waals surface area contributed by atoms with E-state index < -0.39 is 6.10 Å². The van der Waals surface area contributed by atoms with Gasteiger partial charge in [0.2, 0.25) is 0 Å². The maximum Gasteiger partial charge on any atom is 0.125 e. The zero-order chi connectivity index (χ0) is 13.8. The van der Waals surface area contributed by atoms with Crippen LogP contribution >= 0.6 is 11.6 Å². The summed E-state index contributed by atoms with van der Waals surface area (Å²) in [5, 5.41) is 14.4. The first-order chi connectivity index (χ1) is 9.06. The average molecular weight is 281 g/mol. The predicted octanol–water partition coefficient (Wildman–Crippen LogP) is 2.75. The second-order valence-corrected chi connectivity index (χ2v) is 4.92. The number of aryl methyl sites for hydroxylation is 1. The number of aliphatic hydroxyl groups is 1. The predicted molar refractivity (Wildman–Crippen MR) is 74.5 cm³/mol. The van der Waals surface area contributed by atoms with Crippen molar-refractivity contribution in [3.8, 4) is 5.75 Å². The fourth-order valence-electron chi connectivity index (χ4n) is 1.86. The van der Waals surface area contributed by atoms with Gasteiger partial charge in [-0.3, -0.25) is 4.68 Å². The lowest BCUT2D eigenvalue weighted by Crippen LogP contribution is -2.04. The number of benzene rings is 1. The van der Waals surface area contributed by atoms with Gasteiger partial charge in [-0.1, -0.05) is 11.6 Å². The Hall–Kier alpha value is -1.52. The van der Waals surface area contributed by atoms with E-state index in [9.17, 15) is 5.11 Å². The number of nitrogens with zero attached hydrogens (tertiary/aromatic N) is 2. The van der Waals surface area contributed by atoms with Crippen molar-refractivity contribution < 1.29 is 9.84 Å². The van der Waals surface area contributed by atoms with Crippen molar-refractivity contribution in [2.45, 2.75) is 19.4 Å². The molecular formula is C14H17ClN2O2. The maximum absolute atomic E-state index is 9.70. The Balaban J connectivity index is 1.99. The van der Waals surface area contributed by atoms with Gasteiger partial charge in [0.15, 0.2) is 0 Å². The number of rotatable bonds is 5. The van der Waals surface area contributed by atoms with Gasteiger partial charge < -0.3 is 9.84 Å². The minimum absolute atomic E-state index is 0.535. The average Bonchev–Trinajstić information content (AvgIpc) is 2.77. The Morgan fingerprint density at radius 2 is 2.26 bits per heavy atom. The molecule has 0 radical (unpaired) electrons. The molecule has 0 unspecified atom stereocenters. The Morgan fingerprint density at radius 1 is 1.47 bits per heavy atom. The van der Waals surface area contributed by atoms with Crippen LogP contribution in [-0.4, -0.2) is 21.5 Å². The smallest absolute Gasteiger partial charge is 0.125 e. The lowest BCUT2D eigenvalue weighted by Gasteiger charge is -2.13. The maximum atomic E-state index is 9.70. The molecule has 102 valence electrons. The molecule has 0 aliphatic heterocycles. The van der Waals surface area contributed by atoms with Gasteiger partial charge in [0.1, 0.15) is 5.75 Å². The number of aliphatic hydroxyl groups excluding tert-OH is 1. The van der Waals surface area contributed by atoms with E-state index in [1.165, 1.54) is 0 Å². The Morgan fingerprint density at radius 3 is 2.89 bits per heavy atom. The van der Waals surface area contributed by atoms with Crippen molar-refractivity contribution in [3.63, 3.8) is 0 Å². The number of hydrogen-bond acceptors (Lipinski definition) is 3. The molecule has 0 amide bonds. The monoisotopic (exact) mass is 280 g/mol. The van der Waals surface area contributed by atoms with Crippen LogP contribution in [0.2, 0.25) is 5.02 Å². The molecule has 19 heavy (non-hydrogen) atoms. The fraction of sp³-hybridized carbons (Fsp3) is 0.357. The number of ether oxygens (including phenoxy) is 1. The topological polar surface area (TPSA) is 47.3 Å². The van der Waals surface area contributed by atoms with Crippen molar-refractivity contribution in [2.24, 2.45) is 7.05 Å². The van der Waals surface area contributed by atoms with E-state index in [1.54, 1.807) is 29.8 Å². The van der Waals surface area contributed by atoms with E-state index >= 15 is 0 Å². The normalized spacial score (nSPS) is 12.4. The Bertz CT molecular complexity index is 552. The third-order valence-electron chi connectivity index (χ3n) is 2.83. The highest BCUT2D eigenvalue weighted by Crippen LogP contribution is 2.28. The largest absolute Gasteiger partial charge is 0.493 e. The second-order valence-electron chi connectivity index (χ2n) is 4.48. The highest BCUT2D eigenvalue weighted by Gasteiger charge is 2.10. The van der Waals surface area contributed by atoms with Crippen LogP contribution in [0.1, 0.15) is 24.2 Å². The summed E-state index contributed by atoms with van der Waals surface area (Å²) in [6.07, 6.45) is 3.95. The molecule has 0 aliphatic rings. The van der Waals surface area contributed by atoms with E-state index in [2.05, 4.69) is 5.10 Å². The first-order valence-electron chi connectivity index (χ1n) is 6.14. The summed E-state index contributed by atoms with van der Waals surface area (Å²) in [6, 6.07) is 5.27. The molecule has 0 fully saturated rings. The first-order valence-corrected chi connectivity index (χ1v) is 6.52. The first kappa shape index (κ1) is 13.9. The molecule has 0 saturated heterocycles. The van der Waals surface area contributed by atoms with E-state index in [1.807, 2.05) is 19.4 Å². The van der Waals surface area contributed by atoms with E-state index in [0.717, 1.165) is 12.0 Å². The van der Waals surface area contributed by atoms with Crippen LogP contribution in [0.3, 0.4) is 0 Å². The van der Waals surface area contributed by atoms with Crippen LogP contribution in [0.5, 0.6) is 5.75 Å². The molecule has 0 aliphatic carbocycles. The van der Waals surface area contributed by atoms with E-state index in [-0.39, 0.29) is 0 Å². The summed E-state index contributed by atoms with van der Waals surface area (Å²) in [6.45, 7) is 2.23. The minimum atomic E-state index is -0.605. The van der Waals surface area contributed by atoms with Crippen LogP contribution in [0.4, 0.5) is 0 Å². The summed E-state index contributed by atoms with van der Waals surface area (Å²) in [4.78, 5) is 0. The van der Waals surface area contributed by atoms with Gasteiger partial charge in [-0.15, -0.1) is 0 Å². The van der Waals surface area contributed by atoms with Crippen LogP contribution in [0.15, 0.2) is 30.6 Å². The molecule has 1 N–H and O–H groups in total. The van der Waals surface area contributed by atoms with Crippen LogP contribution in [0.25, 0.3) is 0 Å². The SMILES string of the molecule is C[C@@H](O)c1cc(Cl)ccc1OCCc1cnn(C)c1. The van der Waals surface area contributed by atoms with E-state index in [0.29, 0.717) is 22.9 Å². The number of halogens is 1. The molecule has 1 aromatic heterocycles. The quantitative estimate of drug-likeness (QED) is 0.916. The highest BCUT2D eigenvalue weighted by atomic mass is 35.5. The van der Waals surface area contributed by atoms with Gasteiger partial charge in [0.05, 0.1) is 18.9 Å². The third-order valence-corrected chi connectivity index (χ3v) is 3.06. The summed E-state index contributed by atoms with van der Waals surface area (Å²) in [5.74, 6) is 0.670. The molecule has 1 heterocycles. The molecule has 5 heteroatoms. The number of aromatic nitrogens is 2. The highest BCUT2D eigenvalue weighted by molar-refractivity contribution is 6.30. The second kappa shape index (κ2) is 6.08.